The second kappa shape index (κ2) is 7.51. The van der Waals surface area contributed by atoms with Crippen molar-refractivity contribution in [3.05, 3.63) is 60.6 Å². The highest BCUT2D eigenvalue weighted by molar-refractivity contribution is 7.99. The Morgan fingerprint density at radius 2 is 1.92 bits per heavy atom. The number of H-pyrrole nitrogens is 1. The first-order valence-corrected chi connectivity index (χ1v) is 7.96. The van der Waals surface area contributed by atoms with Crippen LogP contribution in [0.3, 0.4) is 0 Å². The lowest BCUT2D eigenvalue weighted by molar-refractivity contribution is 0.251. The Hall–Kier alpha value is -3.00. The van der Waals surface area contributed by atoms with Crippen LogP contribution in [0.5, 0.6) is 5.88 Å². The van der Waals surface area contributed by atoms with Crippen LogP contribution in [0.4, 0.5) is 10.5 Å². The Kier molecular flexibility index (Phi) is 4.97. The van der Waals surface area contributed by atoms with Gasteiger partial charge in [-0.05, 0) is 30.3 Å². The number of pyridine rings is 1. The van der Waals surface area contributed by atoms with Crippen molar-refractivity contribution in [1.29, 1.82) is 0 Å². The van der Waals surface area contributed by atoms with Crippen molar-refractivity contribution >= 4 is 23.5 Å². The second-order valence-electron chi connectivity index (χ2n) is 4.89. The Labute approximate surface area is 142 Å². The minimum atomic E-state index is -0.278. The van der Waals surface area contributed by atoms with Gasteiger partial charge in [-0.25, -0.2) is 9.78 Å². The van der Waals surface area contributed by atoms with E-state index in [9.17, 15) is 9.90 Å². The zero-order valence-electron chi connectivity index (χ0n) is 12.6. The van der Waals surface area contributed by atoms with E-state index in [1.54, 1.807) is 30.7 Å². The number of carbonyl (C=O) groups excluding carboxylic acids is 1. The van der Waals surface area contributed by atoms with Crippen molar-refractivity contribution in [3.8, 4) is 5.88 Å². The quantitative estimate of drug-likeness (QED) is 0.571. The molecule has 0 bridgehead atoms. The Morgan fingerprint density at radius 1 is 1.12 bits per heavy atom. The second-order valence-corrected chi connectivity index (χ2v) is 6.04. The predicted molar refractivity (Wildman–Crippen MR) is 90.9 cm³/mol. The fourth-order valence-electron chi connectivity index (χ4n) is 1.91. The van der Waals surface area contributed by atoms with Crippen molar-refractivity contribution in [3.63, 3.8) is 0 Å². The molecule has 0 spiro atoms. The van der Waals surface area contributed by atoms with Crippen LogP contribution >= 0.6 is 11.8 Å². The van der Waals surface area contributed by atoms with E-state index in [0.717, 1.165) is 15.4 Å². The van der Waals surface area contributed by atoms with Crippen LogP contribution in [-0.2, 0) is 6.54 Å². The zero-order valence-corrected chi connectivity index (χ0v) is 13.4. The maximum absolute atomic E-state index is 11.8. The van der Waals surface area contributed by atoms with Crippen LogP contribution in [0.25, 0.3) is 0 Å². The SMILES string of the molecule is O=C(NCc1cn[nH]c1)Nc1ccc(Sc2ccc(O)nc2)cc1. The van der Waals surface area contributed by atoms with Gasteiger partial charge in [0, 0.05) is 46.0 Å². The molecule has 122 valence electrons. The Morgan fingerprint density at radius 3 is 2.58 bits per heavy atom. The maximum atomic E-state index is 11.8. The lowest BCUT2D eigenvalue weighted by atomic mass is 10.3. The molecule has 0 saturated carbocycles. The molecule has 2 heterocycles. The number of aromatic nitrogens is 3. The molecule has 0 aliphatic carbocycles. The minimum absolute atomic E-state index is 0.000306. The number of anilines is 1. The average molecular weight is 341 g/mol. The first-order valence-electron chi connectivity index (χ1n) is 7.14. The van der Waals surface area contributed by atoms with Gasteiger partial charge >= 0.3 is 6.03 Å². The molecule has 0 radical (unpaired) electrons. The molecule has 0 atom stereocenters. The fraction of sp³-hybridized carbons (Fsp3) is 0.0625. The van der Waals surface area contributed by atoms with E-state index in [1.165, 1.54) is 11.8 Å². The molecule has 0 aliphatic rings. The van der Waals surface area contributed by atoms with E-state index in [4.69, 9.17) is 0 Å². The summed E-state index contributed by atoms with van der Waals surface area (Å²) >= 11 is 1.52. The van der Waals surface area contributed by atoms with Gasteiger partial charge < -0.3 is 15.7 Å². The number of benzene rings is 1. The van der Waals surface area contributed by atoms with Gasteiger partial charge in [0.05, 0.1) is 6.20 Å². The predicted octanol–water partition coefficient (Wildman–Crippen LogP) is 2.98. The summed E-state index contributed by atoms with van der Waals surface area (Å²) in [5.74, 6) is 0.000306. The van der Waals surface area contributed by atoms with Gasteiger partial charge in [-0.15, -0.1) is 0 Å². The van der Waals surface area contributed by atoms with Gasteiger partial charge in [-0.2, -0.15) is 5.10 Å². The van der Waals surface area contributed by atoms with Gasteiger partial charge in [-0.1, -0.05) is 11.8 Å². The summed E-state index contributed by atoms with van der Waals surface area (Å²) in [5.41, 5.74) is 1.60. The smallest absolute Gasteiger partial charge is 0.319 e. The van der Waals surface area contributed by atoms with Crippen molar-refractivity contribution in [1.82, 2.24) is 20.5 Å². The molecule has 1 aromatic carbocycles. The third-order valence-corrected chi connectivity index (χ3v) is 4.06. The van der Waals surface area contributed by atoms with E-state index >= 15 is 0 Å². The number of nitrogens with one attached hydrogen (secondary N) is 3. The Balaban J connectivity index is 1.52. The normalized spacial score (nSPS) is 10.3. The molecule has 3 aromatic rings. The fourth-order valence-corrected chi connectivity index (χ4v) is 2.69. The number of urea groups is 1. The standard InChI is InChI=1S/C16H15N5O2S/c22-15-6-5-14(10-17-15)24-13-3-1-12(2-4-13)21-16(23)18-7-11-8-19-20-9-11/h1-6,8-10H,7H2,(H,17,22)(H,19,20)(H2,18,21,23). The molecule has 24 heavy (non-hydrogen) atoms. The molecule has 8 heteroatoms. The third kappa shape index (κ3) is 4.50. The highest BCUT2D eigenvalue weighted by Crippen LogP contribution is 2.28. The van der Waals surface area contributed by atoms with Crippen LogP contribution in [0.15, 0.2) is 64.8 Å². The summed E-state index contributed by atoms with van der Waals surface area (Å²) in [4.78, 5) is 17.6. The van der Waals surface area contributed by atoms with E-state index < -0.39 is 0 Å². The lowest BCUT2D eigenvalue weighted by Crippen LogP contribution is -2.27. The van der Waals surface area contributed by atoms with E-state index in [-0.39, 0.29) is 11.9 Å². The van der Waals surface area contributed by atoms with Crippen LogP contribution in [0.2, 0.25) is 0 Å². The largest absolute Gasteiger partial charge is 0.493 e. The third-order valence-electron chi connectivity index (χ3n) is 3.08. The number of amides is 2. The number of aromatic amines is 1. The van der Waals surface area contributed by atoms with E-state index in [0.29, 0.717) is 12.2 Å². The number of hydrogen-bond acceptors (Lipinski definition) is 5. The van der Waals surface area contributed by atoms with Crippen LogP contribution in [0.1, 0.15) is 5.56 Å². The van der Waals surface area contributed by atoms with Gasteiger partial charge in [0.2, 0.25) is 5.88 Å². The minimum Gasteiger partial charge on any atom is -0.493 e. The lowest BCUT2D eigenvalue weighted by Gasteiger charge is -2.07. The average Bonchev–Trinajstić information content (AvgIpc) is 3.10. The van der Waals surface area contributed by atoms with Gasteiger partial charge in [0.15, 0.2) is 0 Å². The number of nitrogens with zero attached hydrogens (tertiary/aromatic N) is 2. The van der Waals surface area contributed by atoms with Crippen molar-refractivity contribution in [2.24, 2.45) is 0 Å². The van der Waals surface area contributed by atoms with Crippen molar-refractivity contribution in [2.45, 2.75) is 16.3 Å². The van der Waals surface area contributed by atoms with Crippen molar-refractivity contribution in [2.75, 3.05) is 5.32 Å². The summed E-state index contributed by atoms with van der Waals surface area (Å²) in [6.45, 7) is 0.407. The molecule has 0 saturated heterocycles. The van der Waals surface area contributed by atoms with E-state index in [1.807, 2.05) is 24.3 Å². The first-order chi connectivity index (χ1) is 11.7. The molecular weight excluding hydrogens is 326 g/mol. The highest BCUT2D eigenvalue weighted by Gasteiger charge is 2.03. The summed E-state index contributed by atoms with van der Waals surface area (Å²) in [6.07, 6.45) is 4.99. The van der Waals surface area contributed by atoms with Crippen LogP contribution in [0, 0.1) is 0 Å². The number of carbonyl (C=O) groups is 1. The van der Waals surface area contributed by atoms with Crippen LogP contribution < -0.4 is 10.6 Å². The molecule has 2 aromatic heterocycles. The summed E-state index contributed by atoms with van der Waals surface area (Å²) in [5, 5.41) is 21.2. The van der Waals surface area contributed by atoms with Gasteiger partial charge in [0.25, 0.3) is 0 Å². The molecule has 0 aliphatic heterocycles. The summed E-state index contributed by atoms with van der Waals surface area (Å²) in [7, 11) is 0. The summed E-state index contributed by atoms with van der Waals surface area (Å²) < 4.78 is 0. The zero-order chi connectivity index (χ0) is 16.8. The number of rotatable bonds is 5. The van der Waals surface area contributed by atoms with Gasteiger partial charge in [0.1, 0.15) is 0 Å². The molecule has 0 unspecified atom stereocenters. The van der Waals surface area contributed by atoms with Crippen LogP contribution in [-0.4, -0.2) is 26.3 Å². The molecule has 7 nitrogen and oxygen atoms in total. The molecule has 3 rings (SSSR count). The molecule has 4 N–H and O–H groups in total. The highest BCUT2D eigenvalue weighted by atomic mass is 32.2. The monoisotopic (exact) mass is 341 g/mol. The summed E-state index contributed by atoms with van der Waals surface area (Å²) in [6, 6.07) is 10.5. The Bertz CT molecular complexity index is 788. The van der Waals surface area contributed by atoms with Gasteiger partial charge in [-0.3, -0.25) is 5.10 Å². The topological polar surface area (TPSA) is 103 Å². The number of hydrogen-bond donors (Lipinski definition) is 4. The number of aromatic hydroxyl groups is 1. The van der Waals surface area contributed by atoms with E-state index in [2.05, 4.69) is 25.8 Å². The first kappa shape index (κ1) is 15.9. The molecular formula is C16H15N5O2S. The maximum Gasteiger partial charge on any atom is 0.319 e. The van der Waals surface area contributed by atoms with Crippen molar-refractivity contribution < 1.29 is 9.90 Å². The molecule has 2 amide bonds. The molecule has 0 fully saturated rings.